The molecule has 3 nitrogen and oxygen atoms in total. The van der Waals surface area contributed by atoms with Crippen molar-refractivity contribution in [3.63, 3.8) is 0 Å². The van der Waals surface area contributed by atoms with Gasteiger partial charge in [-0.1, -0.05) is 37.3 Å². The number of benzene rings is 1. The maximum absolute atomic E-state index is 6.00. The highest BCUT2D eigenvalue weighted by molar-refractivity contribution is 5.13. The average molecular weight is 158 g/mol. The summed E-state index contributed by atoms with van der Waals surface area (Å²) in [6.07, 6.45) is 1.14. The summed E-state index contributed by atoms with van der Waals surface area (Å²) in [5, 5.41) is 12.0. The van der Waals surface area contributed by atoms with E-state index in [0.717, 1.165) is 6.42 Å². The Morgan fingerprint density at radius 2 is 1.55 bits per heavy atom. The highest BCUT2D eigenvalue weighted by Crippen LogP contribution is 1.96. The lowest BCUT2D eigenvalue weighted by Crippen LogP contribution is -1.73. The van der Waals surface area contributed by atoms with Crippen molar-refractivity contribution in [3.8, 4) is 0 Å². The van der Waals surface area contributed by atoms with Crippen LogP contribution in [-0.4, -0.2) is 16.0 Å². The van der Waals surface area contributed by atoms with Gasteiger partial charge in [0.05, 0.1) is 0 Å². The van der Waals surface area contributed by atoms with Crippen LogP contribution >= 0.6 is 0 Å². The van der Waals surface area contributed by atoms with Crippen LogP contribution in [0.15, 0.2) is 30.3 Å². The fourth-order valence-corrected chi connectivity index (χ4v) is 0.714. The van der Waals surface area contributed by atoms with Crippen LogP contribution in [0.5, 0.6) is 0 Å². The first-order valence-electron chi connectivity index (χ1n) is 3.17. The van der Waals surface area contributed by atoms with Crippen molar-refractivity contribution in [1.29, 1.82) is 0 Å². The third-order valence-electron chi connectivity index (χ3n) is 1.25. The molecular formula is C8H14O3. The summed E-state index contributed by atoms with van der Waals surface area (Å²) in [6.45, 7) is 2.16. The maximum Gasteiger partial charge on any atom is -0.0307 e. The molecule has 3 heteroatoms. The van der Waals surface area contributed by atoms with Crippen LogP contribution in [0.1, 0.15) is 12.5 Å². The fourth-order valence-electron chi connectivity index (χ4n) is 0.714. The summed E-state index contributed by atoms with van der Waals surface area (Å²) < 4.78 is 0. The minimum Gasteiger partial charge on any atom is -0.412 e. The Hall–Kier alpha value is -0.900. The summed E-state index contributed by atoms with van der Waals surface area (Å²) in [5.41, 5.74) is 1.41. The normalized spacial score (nSPS) is 7.18. The maximum atomic E-state index is 6.00. The monoisotopic (exact) mass is 158 g/mol. The summed E-state index contributed by atoms with van der Waals surface area (Å²) in [6, 6.07) is 10.5. The van der Waals surface area contributed by atoms with Gasteiger partial charge < -0.3 is 5.48 Å². The van der Waals surface area contributed by atoms with Crippen molar-refractivity contribution >= 4 is 0 Å². The molecule has 0 atom stereocenters. The van der Waals surface area contributed by atoms with E-state index in [9.17, 15) is 0 Å². The minimum absolute atomic E-state index is 0. The van der Waals surface area contributed by atoms with E-state index in [1.165, 1.54) is 5.56 Å². The van der Waals surface area contributed by atoms with Gasteiger partial charge in [0.15, 0.2) is 0 Å². The van der Waals surface area contributed by atoms with Gasteiger partial charge in [0.2, 0.25) is 0 Å². The quantitative estimate of drug-likeness (QED) is 0.479. The van der Waals surface area contributed by atoms with Gasteiger partial charge in [-0.15, -0.1) is 0 Å². The molecule has 1 rings (SSSR count). The zero-order valence-corrected chi connectivity index (χ0v) is 6.49. The molecule has 1 aromatic carbocycles. The van der Waals surface area contributed by atoms with Crippen molar-refractivity contribution in [2.45, 2.75) is 13.3 Å². The first-order chi connectivity index (χ1) is 4.93. The topological polar surface area (TPSA) is 72.0 Å². The standard InChI is InChI=1S/C8H10.H2O2.H2O/c1-2-8-6-4-3-5-7-8;1-2;/h3-7H,2H2,1H3;1-2H;1H2. The molecule has 0 aliphatic rings. The van der Waals surface area contributed by atoms with Crippen molar-refractivity contribution in [1.82, 2.24) is 0 Å². The Balaban J connectivity index is 0. The third-order valence-corrected chi connectivity index (χ3v) is 1.25. The third kappa shape index (κ3) is 5.54. The van der Waals surface area contributed by atoms with E-state index in [1.54, 1.807) is 0 Å². The molecule has 0 saturated carbocycles. The van der Waals surface area contributed by atoms with Crippen molar-refractivity contribution in [2.24, 2.45) is 0 Å². The van der Waals surface area contributed by atoms with Gasteiger partial charge in [-0.05, 0) is 12.0 Å². The van der Waals surface area contributed by atoms with Crippen LogP contribution in [0.25, 0.3) is 0 Å². The van der Waals surface area contributed by atoms with Crippen molar-refractivity contribution in [3.05, 3.63) is 35.9 Å². The summed E-state index contributed by atoms with van der Waals surface area (Å²) in [5.74, 6) is 0. The summed E-state index contributed by atoms with van der Waals surface area (Å²) in [4.78, 5) is 0. The van der Waals surface area contributed by atoms with Gasteiger partial charge in [-0.2, -0.15) is 0 Å². The van der Waals surface area contributed by atoms with Gasteiger partial charge in [0, 0.05) is 0 Å². The van der Waals surface area contributed by atoms with E-state index in [2.05, 4.69) is 31.2 Å². The predicted molar refractivity (Wildman–Crippen MR) is 44.7 cm³/mol. The molecule has 0 fully saturated rings. The fraction of sp³-hybridized carbons (Fsp3) is 0.250. The number of hydrogen-bond donors (Lipinski definition) is 2. The Labute approximate surface area is 66.2 Å². The first-order valence-corrected chi connectivity index (χ1v) is 3.17. The first kappa shape index (κ1) is 12.7. The summed E-state index contributed by atoms with van der Waals surface area (Å²) in [7, 11) is 0. The number of hydrogen-bond acceptors (Lipinski definition) is 2. The van der Waals surface area contributed by atoms with Gasteiger partial charge in [-0.25, -0.2) is 0 Å². The van der Waals surface area contributed by atoms with E-state index in [-0.39, 0.29) is 5.48 Å². The second-order valence-corrected chi connectivity index (χ2v) is 1.84. The highest BCUT2D eigenvalue weighted by Gasteiger charge is 1.79. The van der Waals surface area contributed by atoms with E-state index in [1.807, 2.05) is 6.07 Å². The van der Waals surface area contributed by atoms with E-state index in [4.69, 9.17) is 10.5 Å². The van der Waals surface area contributed by atoms with Crippen molar-refractivity contribution in [2.75, 3.05) is 0 Å². The number of rotatable bonds is 1. The second kappa shape index (κ2) is 9.10. The van der Waals surface area contributed by atoms with Crippen molar-refractivity contribution < 1.29 is 16.0 Å². The molecule has 0 amide bonds. The Morgan fingerprint density at radius 3 is 1.82 bits per heavy atom. The Morgan fingerprint density at radius 1 is 1.09 bits per heavy atom. The molecule has 1 aromatic rings. The predicted octanol–water partition coefficient (Wildman–Crippen LogP) is 1.44. The molecular weight excluding hydrogens is 144 g/mol. The van der Waals surface area contributed by atoms with Crippen LogP contribution in [-0.2, 0) is 6.42 Å². The lowest BCUT2D eigenvalue weighted by molar-refractivity contribution is -0.176. The second-order valence-electron chi connectivity index (χ2n) is 1.84. The zero-order valence-electron chi connectivity index (χ0n) is 6.49. The van der Waals surface area contributed by atoms with Crippen LogP contribution in [0, 0.1) is 0 Å². The molecule has 0 aromatic heterocycles. The lowest BCUT2D eigenvalue weighted by atomic mass is 10.2. The minimum atomic E-state index is 0. The van der Waals surface area contributed by atoms with E-state index < -0.39 is 0 Å². The molecule has 64 valence electrons. The molecule has 4 N–H and O–H groups in total. The largest absolute Gasteiger partial charge is 0.412 e. The molecule has 0 saturated heterocycles. The molecule has 0 radical (unpaired) electrons. The SMILES string of the molecule is CCc1ccccc1.O.OO. The van der Waals surface area contributed by atoms with Crippen LogP contribution < -0.4 is 0 Å². The zero-order chi connectivity index (χ0) is 7.82. The van der Waals surface area contributed by atoms with Gasteiger partial charge in [0.1, 0.15) is 0 Å². The lowest BCUT2D eigenvalue weighted by Gasteiger charge is -1.89. The van der Waals surface area contributed by atoms with Gasteiger partial charge in [-0.3, -0.25) is 10.5 Å². The smallest absolute Gasteiger partial charge is 0.0307 e. The van der Waals surface area contributed by atoms with Crippen LogP contribution in [0.2, 0.25) is 0 Å². The number of aryl methyl sites for hydroxylation is 1. The summed E-state index contributed by atoms with van der Waals surface area (Å²) >= 11 is 0. The Bertz CT molecular complexity index is 151. The molecule has 0 unspecified atom stereocenters. The van der Waals surface area contributed by atoms with E-state index in [0.29, 0.717) is 0 Å². The molecule has 0 heterocycles. The molecule has 11 heavy (non-hydrogen) atoms. The molecule has 0 bridgehead atoms. The molecule has 0 aliphatic carbocycles. The van der Waals surface area contributed by atoms with Gasteiger partial charge in [0.25, 0.3) is 0 Å². The average Bonchev–Trinajstić information content (AvgIpc) is 2.10. The molecule has 0 spiro atoms. The molecule has 0 aliphatic heterocycles. The van der Waals surface area contributed by atoms with E-state index >= 15 is 0 Å². The van der Waals surface area contributed by atoms with Gasteiger partial charge >= 0.3 is 0 Å². The van der Waals surface area contributed by atoms with Crippen LogP contribution in [0.3, 0.4) is 0 Å². The highest BCUT2D eigenvalue weighted by atomic mass is 17.0. The Kier molecular flexibility index (Phi) is 10.5. The van der Waals surface area contributed by atoms with Crippen LogP contribution in [0.4, 0.5) is 0 Å².